The van der Waals surface area contributed by atoms with Crippen molar-refractivity contribution < 1.29 is 4.74 Å². The second-order valence-electron chi connectivity index (χ2n) is 6.34. The van der Waals surface area contributed by atoms with Gasteiger partial charge in [-0.15, -0.1) is 5.10 Å². The van der Waals surface area contributed by atoms with Crippen LogP contribution >= 0.6 is 0 Å². The largest absolute Gasteiger partial charge is 0.381 e. The first-order valence-electron chi connectivity index (χ1n) is 8.64. The summed E-state index contributed by atoms with van der Waals surface area (Å²) in [6.45, 7) is 1.62. The van der Waals surface area contributed by atoms with Gasteiger partial charge < -0.3 is 15.0 Å². The number of nitrogens with zero attached hydrogens (tertiary/aromatic N) is 7. The molecule has 0 saturated carbocycles. The zero-order valence-corrected chi connectivity index (χ0v) is 14.9. The van der Waals surface area contributed by atoms with Crippen molar-refractivity contribution in [1.29, 1.82) is 0 Å². The molecule has 0 amide bonds. The number of anilines is 3. The van der Waals surface area contributed by atoms with Gasteiger partial charge in [0.15, 0.2) is 11.6 Å². The molecular formula is C17H22N8O. The van der Waals surface area contributed by atoms with Gasteiger partial charge in [0.2, 0.25) is 5.95 Å². The van der Waals surface area contributed by atoms with Crippen LogP contribution in [0, 0.1) is 0 Å². The number of hydrogen-bond donors (Lipinski definition) is 1. The van der Waals surface area contributed by atoms with Crippen LogP contribution in [0.4, 0.5) is 17.5 Å². The number of ether oxygens (including phenoxy) is 1. The molecule has 9 heteroatoms. The SMILES string of the molecule is CN(c1ccn(-c2ccnc(Nc3cnn(C)c3)n2)n1)C1CCOCC1. The van der Waals surface area contributed by atoms with E-state index in [0.29, 0.717) is 17.8 Å². The van der Waals surface area contributed by atoms with E-state index in [2.05, 4.69) is 37.4 Å². The molecule has 0 spiro atoms. The van der Waals surface area contributed by atoms with Gasteiger partial charge in [-0.2, -0.15) is 10.1 Å². The highest BCUT2D eigenvalue weighted by Gasteiger charge is 2.20. The molecule has 1 N–H and O–H groups in total. The fraction of sp³-hybridized carbons (Fsp3) is 0.412. The van der Waals surface area contributed by atoms with Crippen molar-refractivity contribution in [2.75, 3.05) is 30.5 Å². The average Bonchev–Trinajstić information content (AvgIpc) is 3.31. The van der Waals surface area contributed by atoms with Crippen LogP contribution in [-0.2, 0) is 11.8 Å². The molecule has 0 radical (unpaired) electrons. The summed E-state index contributed by atoms with van der Waals surface area (Å²) >= 11 is 0. The second kappa shape index (κ2) is 7.12. The summed E-state index contributed by atoms with van der Waals surface area (Å²) in [4.78, 5) is 11.0. The van der Waals surface area contributed by atoms with E-state index in [1.165, 1.54) is 0 Å². The van der Waals surface area contributed by atoms with Gasteiger partial charge in [0, 0.05) is 64.1 Å². The minimum atomic E-state index is 0.459. The lowest BCUT2D eigenvalue weighted by Gasteiger charge is -2.31. The number of nitrogens with one attached hydrogen (secondary N) is 1. The Hall–Kier alpha value is -2.94. The van der Waals surface area contributed by atoms with Gasteiger partial charge in [-0.25, -0.2) is 9.67 Å². The molecule has 1 aliphatic heterocycles. The van der Waals surface area contributed by atoms with E-state index in [1.807, 2.05) is 31.6 Å². The molecule has 0 aliphatic carbocycles. The minimum absolute atomic E-state index is 0.459. The fourth-order valence-corrected chi connectivity index (χ4v) is 3.04. The van der Waals surface area contributed by atoms with E-state index in [9.17, 15) is 0 Å². The number of rotatable bonds is 5. The van der Waals surface area contributed by atoms with Crippen LogP contribution in [0.1, 0.15) is 12.8 Å². The molecule has 1 saturated heterocycles. The van der Waals surface area contributed by atoms with Gasteiger partial charge in [0.1, 0.15) is 0 Å². The van der Waals surface area contributed by atoms with Gasteiger partial charge in [-0.3, -0.25) is 4.68 Å². The predicted molar refractivity (Wildman–Crippen MR) is 97.9 cm³/mol. The summed E-state index contributed by atoms with van der Waals surface area (Å²) in [5.74, 6) is 2.14. The van der Waals surface area contributed by atoms with E-state index < -0.39 is 0 Å². The maximum absolute atomic E-state index is 5.44. The summed E-state index contributed by atoms with van der Waals surface area (Å²) in [7, 11) is 3.95. The van der Waals surface area contributed by atoms with Crippen molar-refractivity contribution >= 4 is 17.5 Å². The van der Waals surface area contributed by atoms with Crippen molar-refractivity contribution in [1.82, 2.24) is 29.5 Å². The number of aromatic nitrogens is 6. The molecule has 3 aromatic rings. The van der Waals surface area contributed by atoms with Crippen LogP contribution < -0.4 is 10.2 Å². The molecule has 0 atom stereocenters. The molecule has 1 aliphatic rings. The molecule has 4 heterocycles. The third-order valence-electron chi connectivity index (χ3n) is 4.51. The average molecular weight is 354 g/mol. The zero-order chi connectivity index (χ0) is 17.9. The summed E-state index contributed by atoms with van der Waals surface area (Å²) in [6, 6.07) is 4.30. The van der Waals surface area contributed by atoms with E-state index in [1.54, 1.807) is 21.8 Å². The van der Waals surface area contributed by atoms with Crippen molar-refractivity contribution in [2.24, 2.45) is 7.05 Å². The van der Waals surface area contributed by atoms with Crippen LogP contribution in [-0.4, -0.2) is 55.8 Å². The lowest BCUT2D eigenvalue weighted by atomic mass is 10.1. The number of aryl methyl sites for hydroxylation is 1. The van der Waals surface area contributed by atoms with Gasteiger partial charge in [-0.1, -0.05) is 0 Å². The maximum Gasteiger partial charge on any atom is 0.229 e. The topological polar surface area (TPSA) is 85.9 Å². The van der Waals surface area contributed by atoms with Crippen LogP contribution in [0.3, 0.4) is 0 Å². The van der Waals surface area contributed by atoms with Crippen molar-refractivity contribution in [2.45, 2.75) is 18.9 Å². The highest BCUT2D eigenvalue weighted by molar-refractivity contribution is 5.51. The molecule has 0 aromatic carbocycles. The molecule has 3 aromatic heterocycles. The summed E-state index contributed by atoms with van der Waals surface area (Å²) < 4.78 is 8.93. The molecule has 0 unspecified atom stereocenters. The molecule has 4 rings (SSSR count). The second-order valence-corrected chi connectivity index (χ2v) is 6.34. The lowest BCUT2D eigenvalue weighted by molar-refractivity contribution is 0.0853. The van der Waals surface area contributed by atoms with E-state index >= 15 is 0 Å². The monoisotopic (exact) mass is 354 g/mol. The maximum atomic E-state index is 5.44. The summed E-state index contributed by atoms with van der Waals surface area (Å²) in [5.41, 5.74) is 0.838. The standard InChI is InChI=1S/C17H22N8O/c1-23-12-13(11-19-23)20-17-18-7-3-15(21-17)25-8-4-16(22-25)24(2)14-5-9-26-10-6-14/h3-4,7-8,11-12,14H,5-6,9-10H2,1-2H3,(H,18,20,21). The number of hydrogen-bond acceptors (Lipinski definition) is 7. The third kappa shape index (κ3) is 3.52. The Morgan fingerprint density at radius 2 is 2.12 bits per heavy atom. The Kier molecular flexibility index (Phi) is 4.53. The van der Waals surface area contributed by atoms with Crippen LogP contribution in [0.5, 0.6) is 0 Å². The molecule has 26 heavy (non-hydrogen) atoms. The molecule has 136 valence electrons. The van der Waals surface area contributed by atoms with Gasteiger partial charge in [-0.05, 0) is 12.8 Å². The molecule has 9 nitrogen and oxygen atoms in total. The van der Waals surface area contributed by atoms with Crippen molar-refractivity contribution in [3.8, 4) is 5.82 Å². The third-order valence-corrected chi connectivity index (χ3v) is 4.51. The normalized spacial score (nSPS) is 15.2. The van der Waals surface area contributed by atoms with Gasteiger partial charge in [0.25, 0.3) is 0 Å². The Morgan fingerprint density at radius 3 is 2.88 bits per heavy atom. The van der Waals surface area contributed by atoms with Gasteiger partial charge in [0.05, 0.1) is 11.9 Å². The van der Waals surface area contributed by atoms with Crippen molar-refractivity contribution in [3.05, 3.63) is 36.9 Å². The van der Waals surface area contributed by atoms with Crippen LogP contribution in [0.2, 0.25) is 0 Å². The molecule has 0 bridgehead atoms. The first kappa shape index (κ1) is 16.5. The zero-order valence-electron chi connectivity index (χ0n) is 14.9. The van der Waals surface area contributed by atoms with Crippen LogP contribution in [0.25, 0.3) is 5.82 Å². The Bertz CT molecular complexity index is 867. The van der Waals surface area contributed by atoms with Crippen molar-refractivity contribution in [3.63, 3.8) is 0 Å². The molecule has 1 fully saturated rings. The quantitative estimate of drug-likeness (QED) is 0.747. The first-order chi connectivity index (χ1) is 12.7. The minimum Gasteiger partial charge on any atom is -0.381 e. The highest BCUT2D eigenvalue weighted by atomic mass is 16.5. The molecular weight excluding hydrogens is 332 g/mol. The van der Waals surface area contributed by atoms with E-state index in [-0.39, 0.29) is 0 Å². The summed E-state index contributed by atoms with van der Waals surface area (Å²) in [5, 5.41) is 11.9. The summed E-state index contributed by atoms with van der Waals surface area (Å²) in [6.07, 6.45) is 9.27. The Labute approximate surface area is 151 Å². The smallest absolute Gasteiger partial charge is 0.229 e. The van der Waals surface area contributed by atoms with Crippen LogP contribution in [0.15, 0.2) is 36.9 Å². The van der Waals surface area contributed by atoms with E-state index in [4.69, 9.17) is 4.74 Å². The fourth-order valence-electron chi connectivity index (χ4n) is 3.04. The van der Waals surface area contributed by atoms with Gasteiger partial charge >= 0.3 is 0 Å². The Morgan fingerprint density at radius 1 is 1.27 bits per heavy atom. The first-order valence-corrected chi connectivity index (χ1v) is 8.64. The van der Waals surface area contributed by atoms with E-state index in [0.717, 1.165) is 37.6 Å². The lowest BCUT2D eigenvalue weighted by Crippen LogP contribution is -2.36. The predicted octanol–water partition coefficient (Wildman–Crippen LogP) is 1.75. The Balaban J connectivity index is 1.51. The highest BCUT2D eigenvalue weighted by Crippen LogP contribution is 2.20.